The molecule has 0 saturated carbocycles. The van der Waals surface area contributed by atoms with Crippen molar-refractivity contribution in [1.29, 1.82) is 0 Å². The molecule has 0 saturated heterocycles. The van der Waals surface area contributed by atoms with E-state index in [9.17, 15) is 0 Å². The highest BCUT2D eigenvalue weighted by atomic mass is 32.1. The molecular formula is C21H20N2S. The number of rotatable bonds is 0. The lowest BCUT2D eigenvalue weighted by atomic mass is 9.83. The maximum absolute atomic E-state index is 5.91. The summed E-state index contributed by atoms with van der Waals surface area (Å²) in [6.07, 6.45) is 17.4. The van der Waals surface area contributed by atoms with Gasteiger partial charge in [-0.25, -0.2) is 0 Å². The van der Waals surface area contributed by atoms with Crippen LogP contribution in [0.15, 0.2) is 64.8 Å². The summed E-state index contributed by atoms with van der Waals surface area (Å²) in [5.74, 6) is 0. The molecule has 0 spiro atoms. The van der Waals surface area contributed by atoms with Crippen molar-refractivity contribution < 1.29 is 0 Å². The monoisotopic (exact) mass is 332 g/mol. The molecule has 2 aromatic rings. The second kappa shape index (κ2) is 6.62. The second-order valence-corrected chi connectivity index (χ2v) is 6.93. The predicted octanol–water partition coefficient (Wildman–Crippen LogP) is 2.99. The van der Waals surface area contributed by atoms with Crippen LogP contribution in [-0.2, 0) is 12.8 Å². The normalized spacial score (nSPS) is 17.2. The second-order valence-electron chi connectivity index (χ2n) is 6.18. The van der Waals surface area contributed by atoms with Gasteiger partial charge in [0.1, 0.15) is 0 Å². The van der Waals surface area contributed by atoms with Crippen LogP contribution in [0.2, 0.25) is 0 Å². The van der Waals surface area contributed by atoms with Gasteiger partial charge >= 0.3 is 0 Å². The Morgan fingerprint density at radius 1 is 1.08 bits per heavy atom. The largest absolute Gasteiger partial charge is 0.399 e. The van der Waals surface area contributed by atoms with Crippen molar-refractivity contribution >= 4 is 23.0 Å². The lowest BCUT2D eigenvalue weighted by Gasteiger charge is -2.22. The highest BCUT2D eigenvalue weighted by Gasteiger charge is 2.17. The number of aromatic nitrogens is 1. The molecule has 0 radical (unpaired) electrons. The molecular weight excluding hydrogens is 312 g/mol. The van der Waals surface area contributed by atoms with Crippen LogP contribution in [0.1, 0.15) is 24.0 Å². The maximum Gasteiger partial charge on any atom is 0.0791 e. The van der Waals surface area contributed by atoms with E-state index in [0.29, 0.717) is 0 Å². The van der Waals surface area contributed by atoms with E-state index in [1.165, 1.54) is 45.6 Å². The number of allylic oxidation sites excluding steroid dienone is 6. The van der Waals surface area contributed by atoms with Crippen molar-refractivity contribution in [2.45, 2.75) is 25.7 Å². The van der Waals surface area contributed by atoms with Crippen LogP contribution in [0.5, 0.6) is 0 Å². The molecule has 2 nitrogen and oxygen atoms in total. The molecule has 1 aromatic heterocycles. The molecule has 1 heterocycles. The fourth-order valence-electron chi connectivity index (χ4n) is 3.59. The predicted molar refractivity (Wildman–Crippen MR) is 102 cm³/mol. The quantitative estimate of drug-likeness (QED) is 0.805. The number of hydrogen-bond donors (Lipinski definition) is 1. The minimum absolute atomic E-state index is 0.893. The number of nitrogens with two attached hydrogens (primary N) is 1. The van der Waals surface area contributed by atoms with Gasteiger partial charge in [0.05, 0.1) is 5.51 Å². The van der Waals surface area contributed by atoms with Crippen molar-refractivity contribution in [3.8, 4) is 0 Å². The summed E-state index contributed by atoms with van der Waals surface area (Å²) in [5, 5.41) is 4.67. The Labute approximate surface area is 146 Å². The minimum Gasteiger partial charge on any atom is -0.399 e. The maximum atomic E-state index is 5.91. The van der Waals surface area contributed by atoms with Crippen LogP contribution in [0.25, 0.3) is 11.6 Å². The van der Waals surface area contributed by atoms with Gasteiger partial charge in [-0.15, -0.1) is 11.3 Å². The molecule has 1 aromatic carbocycles. The minimum atomic E-state index is 0.893. The van der Waals surface area contributed by atoms with E-state index in [-0.39, 0.29) is 0 Å². The highest BCUT2D eigenvalue weighted by Crippen LogP contribution is 2.27. The molecule has 5 rings (SSSR count). The fourth-order valence-corrected chi connectivity index (χ4v) is 3.94. The first-order valence-electron chi connectivity index (χ1n) is 8.33. The average molecular weight is 332 g/mol. The molecule has 0 unspecified atom stereocenters. The van der Waals surface area contributed by atoms with Crippen molar-refractivity contribution in [3.05, 3.63) is 86.4 Å². The first kappa shape index (κ1) is 15.2. The Kier molecular flexibility index (Phi) is 4.18. The van der Waals surface area contributed by atoms with E-state index in [4.69, 9.17) is 5.73 Å². The molecule has 24 heavy (non-hydrogen) atoms. The van der Waals surface area contributed by atoms with Gasteiger partial charge in [-0.3, -0.25) is 4.98 Å². The van der Waals surface area contributed by atoms with Crippen LogP contribution in [0, 0.1) is 0 Å². The number of fused-ring (bicyclic) bond motifs is 4. The standard InChI is InChI=1S/C18H17N.C3H3NS/c19-14-7-10-16-13(11-14)6-9-17-15-4-2-1-3-12(15)5-8-18(16)17;1-2-5-3-4-1/h2,4-7,9,11H,1,3,8,10,19H2;1-3H. The van der Waals surface area contributed by atoms with E-state index < -0.39 is 0 Å². The Balaban J connectivity index is 0.000000252. The summed E-state index contributed by atoms with van der Waals surface area (Å²) >= 11 is 1.60. The van der Waals surface area contributed by atoms with Gasteiger partial charge in [0.15, 0.2) is 0 Å². The van der Waals surface area contributed by atoms with Crippen LogP contribution in [0.4, 0.5) is 0 Å². The third-order valence-corrected chi connectivity index (χ3v) is 5.25. The molecule has 120 valence electrons. The molecule has 0 atom stereocenters. The molecule has 3 heteroatoms. The zero-order chi connectivity index (χ0) is 16.4. The molecule has 2 N–H and O–H groups in total. The van der Waals surface area contributed by atoms with Gasteiger partial charge in [0.2, 0.25) is 0 Å². The van der Waals surface area contributed by atoms with E-state index in [1.54, 1.807) is 23.0 Å². The Morgan fingerprint density at radius 3 is 2.79 bits per heavy atom. The van der Waals surface area contributed by atoms with Crippen LogP contribution in [0.3, 0.4) is 0 Å². The van der Waals surface area contributed by atoms with Crippen molar-refractivity contribution in [3.63, 3.8) is 0 Å². The Bertz CT molecular complexity index is 943. The third kappa shape index (κ3) is 2.87. The molecule has 0 amide bonds. The van der Waals surface area contributed by atoms with E-state index in [0.717, 1.165) is 18.5 Å². The van der Waals surface area contributed by atoms with Gasteiger partial charge in [-0.05, 0) is 64.5 Å². The van der Waals surface area contributed by atoms with Gasteiger partial charge in [0.25, 0.3) is 0 Å². The van der Waals surface area contributed by atoms with Crippen molar-refractivity contribution in [1.82, 2.24) is 4.98 Å². The topological polar surface area (TPSA) is 38.9 Å². The van der Waals surface area contributed by atoms with E-state index in [1.807, 2.05) is 5.38 Å². The number of thiazole rings is 1. The first-order chi connectivity index (χ1) is 11.8. The molecule has 0 fully saturated rings. The summed E-state index contributed by atoms with van der Waals surface area (Å²) in [4.78, 5) is 3.74. The van der Waals surface area contributed by atoms with Gasteiger partial charge in [-0.2, -0.15) is 0 Å². The average Bonchev–Trinajstić information content (AvgIpc) is 3.21. The summed E-state index contributed by atoms with van der Waals surface area (Å²) in [5.41, 5.74) is 14.5. The Morgan fingerprint density at radius 2 is 2.00 bits per heavy atom. The number of hydrogen-bond acceptors (Lipinski definition) is 3. The molecule has 0 aliphatic heterocycles. The zero-order valence-corrected chi connectivity index (χ0v) is 14.4. The van der Waals surface area contributed by atoms with E-state index >= 15 is 0 Å². The third-order valence-electron chi connectivity index (χ3n) is 4.73. The lowest BCUT2D eigenvalue weighted by Crippen LogP contribution is -2.27. The smallest absolute Gasteiger partial charge is 0.0791 e. The van der Waals surface area contributed by atoms with Crippen molar-refractivity contribution in [2.75, 3.05) is 0 Å². The summed E-state index contributed by atoms with van der Waals surface area (Å²) < 4.78 is 0. The fraction of sp³-hybridized carbons (Fsp3) is 0.190. The van der Waals surface area contributed by atoms with Crippen LogP contribution >= 0.6 is 11.3 Å². The zero-order valence-electron chi connectivity index (χ0n) is 13.5. The molecule has 3 aliphatic rings. The van der Waals surface area contributed by atoms with Crippen LogP contribution in [-0.4, -0.2) is 4.98 Å². The number of nitrogens with zero attached hydrogens (tertiary/aromatic N) is 1. The molecule has 0 bridgehead atoms. The van der Waals surface area contributed by atoms with Gasteiger partial charge < -0.3 is 5.73 Å². The van der Waals surface area contributed by atoms with Crippen LogP contribution < -0.4 is 16.2 Å². The lowest BCUT2D eigenvalue weighted by molar-refractivity contribution is 0.962. The first-order valence-corrected chi connectivity index (χ1v) is 9.28. The molecule has 3 aliphatic carbocycles. The summed E-state index contributed by atoms with van der Waals surface area (Å²) in [7, 11) is 0. The van der Waals surface area contributed by atoms with Gasteiger partial charge in [-0.1, -0.05) is 36.4 Å². The summed E-state index contributed by atoms with van der Waals surface area (Å²) in [6, 6.07) is 4.51. The van der Waals surface area contributed by atoms with Crippen molar-refractivity contribution in [2.24, 2.45) is 5.73 Å². The summed E-state index contributed by atoms with van der Waals surface area (Å²) in [6.45, 7) is 0. The van der Waals surface area contributed by atoms with Gasteiger partial charge in [0, 0.05) is 17.3 Å². The Hall–Kier alpha value is -2.39. The van der Waals surface area contributed by atoms with E-state index in [2.05, 4.69) is 47.5 Å². The highest BCUT2D eigenvalue weighted by molar-refractivity contribution is 7.07. The SMILES string of the molecule is NC1=CCc2c3c(ccc2=C1)=C1C=CCCC1=CC3.c1cscn1. The number of benzene rings is 1.